The zero-order chi connectivity index (χ0) is 12.6. The van der Waals surface area contributed by atoms with Gasteiger partial charge in [0.15, 0.2) is 6.10 Å². The summed E-state index contributed by atoms with van der Waals surface area (Å²) in [5.74, 6) is 0.905. The summed E-state index contributed by atoms with van der Waals surface area (Å²) in [6, 6.07) is 5.41. The average Bonchev–Trinajstić information content (AvgIpc) is 2.28. The number of hydrogen-bond acceptors (Lipinski definition) is 3. The van der Waals surface area contributed by atoms with Crippen molar-refractivity contribution in [2.75, 3.05) is 17.2 Å². The average molecular weight is 234 g/mol. The number of fused-ring (bicyclic) bond motifs is 1. The molecule has 0 fully saturated rings. The van der Waals surface area contributed by atoms with E-state index >= 15 is 0 Å². The Morgan fingerprint density at radius 3 is 2.76 bits per heavy atom. The van der Waals surface area contributed by atoms with Crippen LogP contribution in [0, 0.1) is 5.92 Å². The van der Waals surface area contributed by atoms with Crippen molar-refractivity contribution in [2.24, 2.45) is 5.92 Å². The summed E-state index contributed by atoms with van der Waals surface area (Å²) >= 11 is 0. The van der Waals surface area contributed by atoms with E-state index in [1.807, 2.05) is 26.8 Å². The van der Waals surface area contributed by atoms with E-state index in [4.69, 9.17) is 10.5 Å². The third-order valence-electron chi connectivity index (χ3n) is 2.96. The van der Waals surface area contributed by atoms with Gasteiger partial charge in [0.25, 0.3) is 5.91 Å². The van der Waals surface area contributed by atoms with Crippen LogP contribution in [0.4, 0.5) is 11.4 Å². The van der Waals surface area contributed by atoms with Gasteiger partial charge in [-0.3, -0.25) is 4.79 Å². The van der Waals surface area contributed by atoms with Gasteiger partial charge in [0.2, 0.25) is 0 Å². The fourth-order valence-electron chi connectivity index (χ4n) is 2.05. The van der Waals surface area contributed by atoms with E-state index in [1.54, 1.807) is 17.0 Å². The number of benzene rings is 1. The Bertz CT molecular complexity index is 443. The molecule has 4 nitrogen and oxygen atoms in total. The lowest BCUT2D eigenvalue weighted by Crippen LogP contribution is -2.48. The van der Waals surface area contributed by atoms with E-state index in [0.29, 0.717) is 12.2 Å². The minimum Gasteiger partial charge on any atom is -0.478 e. The molecule has 0 aliphatic carbocycles. The van der Waals surface area contributed by atoms with Gasteiger partial charge >= 0.3 is 0 Å². The number of carbonyl (C=O) groups is 1. The van der Waals surface area contributed by atoms with Gasteiger partial charge in [0, 0.05) is 12.2 Å². The number of hydrogen-bond donors (Lipinski definition) is 1. The zero-order valence-corrected chi connectivity index (χ0v) is 10.4. The van der Waals surface area contributed by atoms with E-state index < -0.39 is 6.10 Å². The number of likely N-dealkylation sites (N-methyl/N-ethyl adjacent to an activating group) is 1. The molecule has 1 aromatic rings. The van der Waals surface area contributed by atoms with E-state index in [-0.39, 0.29) is 11.8 Å². The molecule has 0 saturated carbocycles. The van der Waals surface area contributed by atoms with Crippen LogP contribution in [0.2, 0.25) is 0 Å². The first-order valence-corrected chi connectivity index (χ1v) is 5.92. The molecule has 1 heterocycles. The minimum atomic E-state index is -0.397. The summed E-state index contributed by atoms with van der Waals surface area (Å²) in [5.41, 5.74) is 7.16. The number of rotatable bonds is 2. The maximum absolute atomic E-state index is 12.2. The first-order valence-electron chi connectivity index (χ1n) is 5.92. The topological polar surface area (TPSA) is 55.6 Å². The van der Waals surface area contributed by atoms with E-state index in [1.165, 1.54) is 0 Å². The van der Waals surface area contributed by atoms with Crippen LogP contribution in [0.25, 0.3) is 0 Å². The van der Waals surface area contributed by atoms with Crippen LogP contribution in [-0.2, 0) is 4.79 Å². The Morgan fingerprint density at radius 2 is 2.18 bits per heavy atom. The maximum Gasteiger partial charge on any atom is 0.268 e. The quantitative estimate of drug-likeness (QED) is 0.797. The highest BCUT2D eigenvalue weighted by Crippen LogP contribution is 2.36. The number of anilines is 2. The molecular formula is C13H18N2O2. The molecule has 1 aromatic carbocycles. The second kappa shape index (κ2) is 4.28. The second-order valence-corrected chi connectivity index (χ2v) is 4.59. The molecule has 2 N–H and O–H groups in total. The molecule has 1 unspecified atom stereocenters. The number of carbonyl (C=O) groups excluding carboxylic acids is 1. The summed E-state index contributed by atoms with van der Waals surface area (Å²) in [4.78, 5) is 14.0. The Hall–Kier alpha value is -1.71. The van der Waals surface area contributed by atoms with Crippen LogP contribution in [0.1, 0.15) is 20.8 Å². The van der Waals surface area contributed by atoms with Crippen molar-refractivity contribution in [1.29, 1.82) is 0 Å². The van der Waals surface area contributed by atoms with Gasteiger partial charge in [-0.1, -0.05) is 13.8 Å². The number of amides is 1. The van der Waals surface area contributed by atoms with Crippen molar-refractivity contribution in [1.82, 2.24) is 0 Å². The fourth-order valence-corrected chi connectivity index (χ4v) is 2.05. The van der Waals surface area contributed by atoms with Gasteiger partial charge in [-0.2, -0.15) is 0 Å². The van der Waals surface area contributed by atoms with Crippen molar-refractivity contribution in [3.8, 4) is 5.75 Å². The monoisotopic (exact) mass is 234 g/mol. The molecule has 0 spiro atoms. The van der Waals surface area contributed by atoms with Crippen LogP contribution >= 0.6 is 0 Å². The summed E-state index contributed by atoms with van der Waals surface area (Å²) in [6.45, 7) is 6.55. The molecule has 2 rings (SSSR count). The molecule has 0 aromatic heterocycles. The lowest BCUT2D eigenvalue weighted by Gasteiger charge is -2.35. The number of nitrogens with two attached hydrogens (primary N) is 1. The van der Waals surface area contributed by atoms with Gasteiger partial charge < -0.3 is 15.4 Å². The van der Waals surface area contributed by atoms with E-state index in [2.05, 4.69) is 0 Å². The maximum atomic E-state index is 12.2. The lowest BCUT2D eigenvalue weighted by molar-refractivity contribution is -0.128. The largest absolute Gasteiger partial charge is 0.478 e. The van der Waals surface area contributed by atoms with Gasteiger partial charge in [-0.05, 0) is 31.0 Å². The fraction of sp³-hybridized carbons (Fsp3) is 0.462. The van der Waals surface area contributed by atoms with Crippen molar-refractivity contribution < 1.29 is 9.53 Å². The molecule has 92 valence electrons. The lowest BCUT2D eigenvalue weighted by atomic mass is 10.0. The highest BCUT2D eigenvalue weighted by molar-refractivity contribution is 6.00. The Kier molecular flexibility index (Phi) is 2.96. The summed E-state index contributed by atoms with van der Waals surface area (Å²) in [6.07, 6.45) is -0.397. The van der Waals surface area contributed by atoms with Crippen LogP contribution in [0.3, 0.4) is 0 Å². The predicted octanol–water partition coefficient (Wildman–Crippen LogP) is 2.04. The second-order valence-electron chi connectivity index (χ2n) is 4.59. The number of ether oxygens (including phenoxy) is 1. The first-order chi connectivity index (χ1) is 8.04. The SMILES string of the molecule is CCN1C(=O)C(C(C)C)Oc2ccc(N)cc21. The number of nitrogens with zero attached hydrogens (tertiary/aromatic N) is 1. The molecule has 0 saturated heterocycles. The van der Waals surface area contributed by atoms with Gasteiger partial charge in [0.05, 0.1) is 5.69 Å². The van der Waals surface area contributed by atoms with Crippen molar-refractivity contribution in [3.63, 3.8) is 0 Å². The Balaban J connectivity index is 2.46. The zero-order valence-electron chi connectivity index (χ0n) is 10.4. The third kappa shape index (κ3) is 1.95. The van der Waals surface area contributed by atoms with Crippen LogP contribution in [0.15, 0.2) is 18.2 Å². The van der Waals surface area contributed by atoms with Gasteiger partial charge in [0.1, 0.15) is 5.75 Å². The van der Waals surface area contributed by atoms with E-state index in [0.717, 1.165) is 11.4 Å². The summed E-state index contributed by atoms with van der Waals surface area (Å²) in [5, 5.41) is 0. The number of nitrogen functional groups attached to an aromatic ring is 1. The van der Waals surface area contributed by atoms with Gasteiger partial charge in [-0.25, -0.2) is 0 Å². The summed E-state index contributed by atoms with van der Waals surface area (Å²) < 4.78 is 5.75. The highest BCUT2D eigenvalue weighted by Gasteiger charge is 2.35. The minimum absolute atomic E-state index is 0.0144. The third-order valence-corrected chi connectivity index (χ3v) is 2.96. The van der Waals surface area contributed by atoms with Crippen molar-refractivity contribution >= 4 is 17.3 Å². The van der Waals surface area contributed by atoms with Gasteiger partial charge in [-0.15, -0.1) is 0 Å². The molecule has 1 aliphatic rings. The molecule has 1 amide bonds. The van der Waals surface area contributed by atoms with Crippen molar-refractivity contribution in [3.05, 3.63) is 18.2 Å². The Labute approximate surface area is 101 Å². The molecular weight excluding hydrogens is 216 g/mol. The standard InChI is InChI=1S/C13H18N2O2/c1-4-15-10-7-9(14)5-6-11(10)17-12(8(2)3)13(15)16/h5-8,12H,4,14H2,1-3H3. The summed E-state index contributed by atoms with van der Waals surface area (Å²) in [7, 11) is 0. The Morgan fingerprint density at radius 1 is 1.47 bits per heavy atom. The predicted molar refractivity (Wildman–Crippen MR) is 68.1 cm³/mol. The first kappa shape index (κ1) is 11.8. The molecule has 1 aliphatic heterocycles. The normalized spacial score (nSPS) is 19.2. The van der Waals surface area contributed by atoms with E-state index in [9.17, 15) is 4.79 Å². The highest BCUT2D eigenvalue weighted by atomic mass is 16.5. The van der Waals surface area contributed by atoms with Crippen LogP contribution < -0.4 is 15.4 Å². The van der Waals surface area contributed by atoms with Crippen LogP contribution in [0.5, 0.6) is 5.75 Å². The molecule has 1 atom stereocenters. The molecule has 4 heteroatoms. The van der Waals surface area contributed by atoms with Crippen LogP contribution in [-0.4, -0.2) is 18.6 Å². The smallest absolute Gasteiger partial charge is 0.268 e. The molecule has 0 bridgehead atoms. The molecule has 0 radical (unpaired) electrons. The van der Waals surface area contributed by atoms with Crippen molar-refractivity contribution in [2.45, 2.75) is 26.9 Å². The molecule has 17 heavy (non-hydrogen) atoms.